The first-order chi connectivity index (χ1) is 7.63. The van der Waals surface area contributed by atoms with E-state index in [1.807, 2.05) is 7.05 Å². The van der Waals surface area contributed by atoms with Crippen molar-refractivity contribution in [1.82, 2.24) is 9.80 Å². The maximum absolute atomic E-state index is 11.7. The van der Waals surface area contributed by atoms with Gasteiger partial charge in [0.25, 0.3) is 0 Å². The fourth-order valence-electron chi connectivity index (χ4n) is 2.13. The lowest BCUT2D eigenvalue weighted by atomic mass is 10.2. The minimum atomic E-state index is 0.244. The third-order valence-electron chi connectivity index (χ3n) is 3.27. The smallest absolute Gasteiger partial charge is 0.223 e. The normalized spacial score (nSPS) is 21.3. The van der Waals surface area contributed by atoms with Gasteiger partial charge in [-0.05, 0) is 31.8 Å². The van der Waals surface area contributed by atoms with Crippen LogP contribution in [0.1, 0.15) is 26.2 Å². The van der Waals surface area contributed by atoms with Crippen molar-refractivity contribution in [2.45, 2.75) is 26.2 Å². The second kappa shape index (κ2) is 6.86. The van der Waals surface area contributed by atoms with Crippen LogP contribution in [0.25, 0.3) is 0 Å². The molecule has 1 fully saturated rings. The summed E-state index contributed by atoms with van der Waals surface area (Å²) in [4.78, 5) is 15.9. The van der Waals surface area contributed by atoms with Crippen molar-refractivity contribution in [1.29, 1.82) is 0 Å². The molecule has 0 saturated carbocycles. The molecule has 1 amide bonds. The summed E-state index contributed by atoms with van der Waals surface area (Å²) >= 11 is 0. The van der Waals surface area contributed by atoms with Crippen LogP contribution in [0, 0.1) is 5.92 Å². The topological polar surface area (TPSA) is 49.6 Å². The van der Waals surface area contributed by atoms with Crippen molar-refractivity contribution < 1.29 is 4.79 Å². The number of rotatable bonds is 6. The maximum Gasteiger partial charge on any atom is 0.223 e. The summed E-state index contributed by atoms with van der Waals surface area (Å²) in [5.74, 6) is 1.04. The van der Waals surface area contributed by atoms with Crippen LogP contribution in [0.5, 0.6) is 0 Å². The quantitative estimate of drug-likeness (QED) is 0.720. The first-order valence-electron chi connectivity index (χ1n) is 6.30. The molecule has 4 heteroatoms. The molecule has 0 bridgehead atoms. The van der Waals surface area contributed by atoms with Gasteiger partial charge in [-0.3, -0.25) is 4.79 Å². The molecule has 1 rings (SSSR count). The van der Waals surface area contributed by atoms with Crippen molar-refractivity contribution in [2.24, 2.45) is 11.7 Å². The van der Waals surface area contributed by atoms with Crippen LogP contribution in [0.4, 0.5) is 0 Å². The van der Waals surface area contributed by atoms with Crippen LogP contribution in [-0.4, -0.2) is 55.5 Å². The Labute approximate surface area is 98.8 Å². The number of hydrogen-bond acceptors (Lipinski definition) is 3. The number of carbonyl (C=O) groups excluding carboxylic acids is 1. The summed E-state index contributed by atoms with van der Waals surface area (Å²) in [6, 6.07) is 0. The number of nitrogens with zero attached hydrogens (tertiary/aromatic N) is 2. The van der Waals surface area contributed by atoms with E-state index >= 15 is 0 Å². The Morgan fingerprint density at radius 1 is 1.56 bits per heavy atom. The van der Waals surface area contributed by atoms with Gasteiger partial charge in [-0.2, -0.15) is 0 Å². The van der Waals surface area contributed by atoms with Crippen LogP contribution in [0.3, 0.4) is 0 Å². The molecular weight excluding hydrogens is 202 g/mol. The van der Waals surface area contributed by atoms with Gasteiger partial charge >= 0.3 is 0 Å². The highest BCUT2D eigenvalue weighted by Gasteiger charge is 2.19. The molecule has 1 aliphatic rings. The van der Waals surface area contributed by atoms with E-state index in [9.17, 15) is 4.79 Å². The minimum Gasteiger partial charge on any atom is -0.346 e. The third-order valence-corrected chi connectivity index (χ3v) is 3.27. The van der Waals surface area contributed by atoms with Crippen LogP contribution < -0.4 is 5.73 Å². The van der Waals surface area contributed by atoms with Gasteiger partial charge in [0.1, 0.15) is 0 Å². The molecule has 1 unspecified atom stereocenters. The predicted octanol–water partition coefficient (Wildman–Crippen LogP) is 0.526. The highest BCUT2D eigenvalue weighted by molar-refractivity contribution is 5.76. The molecule has 1 heterocycles. The molecule has 4 nitrogen and oxygen atoms in total. The van der Waals surface area contributed by atoms with E-state index in [1.54, 1.807) is 4.90 Å². The highest BCUT2D eigenvalue weighted by Crippen LogP contribution is 2.14. The molecule has 94 valence electrons. The van der Waals surface area contributed by atoms with Crippen molar-refractivity contribution in [3.63, 3.8) is 0 Å². The maximum atomic E-state index is 11.7. The number of hydrogen-bond donors (Lipinski definition) is 1. The minimum absolute atomic E-state index is 0.244. The molecule has 0 aromatic heterocycles. The molecule has 0 aromatic rings. The first kappa shape index (κ1) is 13.5. The Morgan fingerprint density at radius 3 is 2.88 bits per heavy atom. The van der Waals surface area contributed by atoms with Gasteiger partial charge in [0.15, 0.2) is 0 Å². The van der Waals surface area contributed by atoms with Gasteiger partial charge in [-0.1, -0.05) is 6.92 Å². The average molecular weight is 227 g/mol. The Balaban J connectivity index is 2.14. The zero-order valence-electron chi connectivity index (χ0n) is 10.6. The lowest BCUT2D eigenvalue weighted by molar-refractivity contribution is -0.130. The Kier molecular flexibility index (Phi) is 5.77. The number of nitrogens with two attached hydrogens (primary N) is 1. The molecule has 16 heavy (non-hydrogen) atoms. The van der Waals surface area contributed by atoms with E-state index in [4.69, 9.17) is 5.73 Å². The zero-order valence-corrected chi connectivity index (χ0v) is 10.6. The zero-order chi connectivity index (χ0) is 12.0. The fourth-order valence-corrected chi connectivity index (χ4v) is 2.13. The number of carbonyl (C=O) groups is 1. The largest absolute Gasteiger partial charge is 0.346 e. The van der Waals surface area contributed by atoms with Crippen LogP contribution in [-0.2, 0) is 4.79 Å². The lowest BCUT2D eigenvalue weighted by Gasteiger charge is -2.19. The molecule has 0 spiro atoms. The van der Waals surface area contributed by atoms with E-state index < -0.39 is 0 Å². The number of likely N-dealkylation sites (tertiary alicyclic amines) is 1. The van der Waals surface area contributed by atoms with Gasteiger partial charge in [-0.15, -0.1) is 0 Å². The second-order valence-corrected chi connectivity index (χ2v) is 4.90. The monoisotopic (exact) mass is 227 g/mol. The Hall–Kier alpha value is -0.610. The Morgan fingerprint density at radius 2 is 2.31 bits per heavy atom. The summed E-state index contributed by atoms with van der Waals surface area (Å²) in [6.45, 7) is 6.93. The van der Waals surface area contributed by atoms with E-state index in [1.165, 1.54) is 6.42 Å². The van der Waals surface area contributed by atoms with Crippen molar-refractivity contribution in [3.05, 3.63) is 0 Å². The van der Waals surface area contributed by atoms with Gasteiger partial charge in [0.05, 0.1) is 0 Å². The van der Waals surface area contributed by atoms with Crippen molar-refractivity contribution >= 4 is 5.91 Å². The van der Waals surface area contributed by atoms with Crippen molar-refractivity contribution in [3.8, 4) is 0 Å². The summed E-state index contributed by atoms with van der Waals surface area (Å²) in [6.07, 6.45) is 2.81. The van der Waals surface area contributed by atoms with Crippen LogP contribution >= 0.6 is 0 Å². The molecular formula is C12H25N3O. The molecule has 0 aliphatic carbocycles. The Bertz CT molecular complexity index is 220. The molecule has 1 atom stereocenters. The second-order valence-electron chi connectivity index (χ2n) is 4.90. The average Bonchev–Trinajstić information content (AvgIpc) is 2.68. The summed E-state index contributed by atoms with van der Waals surface area (Å²) in [7, 11) is 1.87. The van der Waals surface area contributed by atoms with E-state index in [-0.39, 0.29) is 5.91 Å². The summed E-state index contributed by atoms with van der Waals surface area (Å²) < 4.78 is 0. The fraction of sp³-hybridized carbons (Fsp3) is 0.917. The SMILES string of the molecule is CC1CCN(CCC(=O)N(C)CCCN)C1. The third kappa shape index (κ3) is 4.49. The number of amides is 1. The summed E-state index contributed by atoms with van der Waals surface area (Å²) in [5.41, 5.74) is 5.42. The molecule has 2 N–H and O–H groups in total. The molecule has 0 radical (unpaired) electrons. The van der Waals surface area contributed by atoms with Crippen molar-refractivity contribution in [2.75, 3.05) is 39.8 Å². The van der Waals surface area contributed by atoms with Crippen LogP contribution in [0.2, 0.25) is 0 Å². The van der Waals surface area contributed by atoms with Gasteiger partial charge in [0, 0.05) is 33.1 Å². The van der Waals surface area contributed by atoms with Gasteiger partial charge in [0.2, 0.25) is 5.91 Å². The van der Waals surface area contributed by atoms with E-state index in [0.717, 1.165) is 38.5 Å². The standard InChI is InChI=1S/C12H25N3O/c1-11-4-8-15(10-11)9-5-12(16)14(2)7-3-6-13/h11H,3-10,13H2,1-2H3. The van der Waals surface area contributed by atoms with Gasteiger partial charge < -0.3 is 15.5 Å². The molecule has 1 saturated heterocycles. The summed E-state index contributed by atoms with van der Waals surface area (Å²) in [5, 5.41) is 0. The van der Waals surface area contributed by atoms with Gasteiger partial charge in [-0.25, -0.2) is 0 Å². The molecule has 1 aliphatic heterocycles. The van der Waals surface area contributed by atoms with E-state index in [2.05, 4.69) is 11.8 Å². The van der Waals surface area contributed by atoms with E-state index in [0.29, 0.717) is 13.0 Å². The first-order valence-corrected chi connectivity index (χ1v) is 6.30. The predicted molar refractivity (Wildman–Crippen MR) is 66.1 cm³/mol. The van der Waals surface area contributed by atoms with Crippen LogP contribution in [0.15, 0.2) is 0 Å². The molecule has 0 aromatic carbocycles. The highest BCUT2D eigenvalue weighted by atomic mass is 16.2. The lowest BCUT2D eigenvalue weighted by Crippen LogP contribution is -2.32.